The third kappa shape index (κ3) is 3.23. The van der Waals surface area contributed by atoms with Crippen molar-refractivity contribution >= 4 is 21.7 Å². The van der Waals surface area contributed by atoms with Crippen LogP contribution in [0.3, 0.4) is 0 Å². The molecule has 0 aliphatic rings. The van der Waals surface area contributed by atoms with Gasteiger partial charge in [-0.3, -0.25) is 9.48 Å². The molecule has 17 heavy (non-hydrogen) atoms. The van der Waals surface area contributed by atoms with Crippen molar-refractivity contribution in [3.05, 3.63) is 46.5 Å². The van der Waals surface area contributed by atoms with Crippen molar-refractivity contribution in [1.82, 2.24) is 14.8 Å². The highest BCUT2D eigenvalue weighted by Crippen LogP contribution is 2.12. The molecule has 1 aromatic heterocycles. The van der Waals surface area contributed by atoms with Crippen LogP contribution in [0.4, 0.5) is 0 Å². The highest BCUT2D eigenvalue weighted by atomic mass is 79.9. The number of hydrogen-bond donors (Lipinski definition) is 0. The van der Waals surface area contributed by atoms with Gasteiger partial charge in [0.2, 0.25) is 0 Å². The first-order valence-electron chi connectivity index (χ1n) is 5.24. The zero-order chi connectivity index (χ0) is 12.3. The number of aryl methyl sites for hydroxylation is 1. The fraction of sp³-hybridized carbons (Fsp3) is 0.250. The van der Waals surface area contributed by atoms with Crippen molar-refractivity contribution in [1.29, 1.82) is 0 Å². The van der Waals surface area contributed by atoms with Gasteiger partial charge in [-0.05, 0) is 17.7 Å². The van der Waals surface area contributed by atoms with Gasteiger partial charge in [-0.2, -0.15) is 5.10 Å². The fourth-order valence-corrected chi connectivity index (χ4v) is 2.04. The van der Waals surface area contributed by atoms with E-state index in [-0.39, 0.29) is 5.78 Å². The van der Waals surface area contributed by atoms with Gasteiger partial charge < -0.3 is 0 Å². The van der Waals surface area contributed by atoms with Crippen molar-refractivity contribution in [3.8, 4) is 0 Å². The summed E-state index contributed by atoms with van der Waals surface area (Å²) < 4.78 is 2.61. The largest absolute Gasteiger partial charge is 0.299 e. The predicted octanol–water partition coefficient (Wildman–Crippen LogP) is 1.93. The van der Waals surface area contributed by atoms with Crippen molar-refractivity contribution < 1.29 is 4.79 Å². The summed E-state index contributed by atoms with van der Waals surface area (Å²) in [4.78, 5) is 15.9. The van der Waals surface area contributed by atoms with Crippen LogP contribution in [0.5, 0.6) is 0 Å². The Labute approximate surface area is 108 Å². The number of halogens is 1. The second kappa shape index (κ2) is 5.23. The molecule has 0 saturated heterocycles. The van der Waals surface area contributed by atoms with Crippen LogP contribution in [0.15, 0.2) is 35.1 Å². The van der Waals surface area contributed by atoms with Gasteiger partial charge in [0.1, 0.15) is 17.9 Å². The van der Waals surface area contributed by atoms with Crippen LogP contribution in [-0.4, -0.2) is 20.5 Å². The molecule has 5 heteroatoms. The molecule has 0 fully saturated rings. The van der Waals surface area contributed by atoms with Crippen molar-refractivity contribution in [3.63, 3.8) is 0 Å². The lowest BCUT2D eigenvalue weighted by atomic mass is 10.1. The van der Waals surface area contributed by atoms with Crippen LogP contribution in [0.25, 0.3) is 0 Å². The number of Topliss-reactive ketones (excluding diaryl/α,β-unsaturated/α-hetero) is 1. The molecule has 0 spiro atoms. The Hall–Kier alpha value is -1.49. The van der Waals surface area contributed by atoms with Crippen molar-refractivity contribution in [2.24, 2.45) is 7.05 Å². The van der Waals surface area contributed by atoms with Crippen LogP contribution in [0, 0.1) is 0 Å². The summed E-state index contributed by atoms with van der Waals surface area (Å²) in [6, 6.07) is 7.76. The zero-order valence-electron chi connectivity index (χ0n) is 9.43. The molecule has 0 radical (unpaired) electrons. The van der Waals surface area contributed by atoms with Crippen molar-refractivity contribution in [2.75, 3.05) is 0 Å². The van der Waals surface area contributed by atoms with E-state index >= 15 is 0 Å². The average Bonchev–Trinajstić information content (AvgIpc) is 2.64. The monoisotopic (exact) mass is 293 g/mol. The number of aromatic nitrogens is 3. The third-order valence-corrected chi connectivity index (χ3v) is 2.94. The second-order valence-electron chi connectivity index (χ2n) is 3.82. The van der Waals surface area contributed by atoms with E-state index in [1.54, 1.807) is 11.7 Å². The molecule has 4 nitrogen and oxygen atoms in total. The molecule has 0 saturated carbocycles. The Morgan fingerprint density at radius 2 is 2.24 bits per heavy atom. The lowest BCUT2D eigenvalue weighted by Gasteiger charge is -2.02. The lowest BCUT2D eigenvalue weighted by molar-refractivity contribution is -0.117. The van der Waals surface area contributed by atoms with E-state index in [9.17, 15) is 4.79 Å². The SMILES string of the molecule is Cn1ncnc1CC(=O)Cc1cccc(Br)c1. The number of carbonyl (C=O) groups is 1. The number of ketones is 1. The molecular weight excluding hydrogens is 282 g/mol. The van der Waals surface area contributed by atoms with Gasteiger partial charge in [0.25, 0.3) is 0 Å². The summed E-state index contributed by atoms with van der Waals surface area (Å²) in [7, 11) is 1.79. The molecule has 0 amide bonds. The van der Waals surface area contributed by atoms with Crippen LogP contribution < -0.4 is 0 Å². The van der Waals surface area contributed by atoms with Gasteiger partial charge in [0.15, 0.2) is 0 Å². The first-order valence-corrected chi connectivity index (χ1v) is 6.03. The molecule has 2 rings (SSSR count). The number of hydrogen-bond acceptors (Lipinski definition) is 3. The van der Waals surface area contributed by atoms with Crippen LogP contribution in [-0.2, 0) is 24.7 Å². The Morgan fingerprint density at radius 3 is 2.88 bits per heavy atom. The summed E-state index contributed by atoms with van der Waals surface area (Å²) in [6.07, 6.45) is 2.21. The average molecular weight is 294 g/mol. The van der Waals surface area contributed by atoms with Gasteiger partial charge in [-0.25, -0.2) is 4.98 Å². The Morgan fingerprint density at radius 1 is 1.41 bits per heavy atom. The summed E-state index contributed by atoms with van der Waals surface area (Å²) in [5.74, 6) is 0.837. The molecule has 2 aromatic rings. The fourth-order valence-electron chi connectivity index (χ4n) is 1.59. The smallest absolute Gasteiger partial charge is 0.144 e. The summed E-state index contributed by atoms with van der Waals surface area (Å²) in [5.41, 5.74) is 1.01. The van der Waals surface area contributed by atoms with E-state index in [2.05, 4.69) is 26.0 Å². The van der Waals surface area contributed by atoms with Gasteiger partial charge in [-0.1, -0.05) is 28.1 Å². The molecule has 0 aliphatic heterocycles. The third-order valence-electron chi connectivity index (χ3n) is 2.45. The summed E-state index contributed by atoms with van der Waals surface area (Å²) >= 11 is 3.39. The Kier molecular flexibility index (Phi) is 3.68. The number of nitrogens with zero attached hydrogens (tertiary/aromatic N) is 3. The van der Waals surface area contributed by atoms with Crippen LogP contribution in [0.1, 0.15) is 11.4 Å². The Bertz CT molecular complexity index is 536. The van der Waals surface area contributed by atoms with Crippen LogP contribution >= 0.6 is 15.9 Å². The number of rotatable bonds is 4. The number of carbonyl (C=O) groups excluding carboxylic acids is 1. The van der Waals surface area contributed by atoms with Gasteiger partial charge in [0.05, 0.1) is 6.42 Å². The van der Waals surface area contributed by atoms with E-state index in [0.29, 0.717) is 18.7 Å². The normalized spacial score (nSPS) is 10.5. The minimum atomic E-state index is 0.138. The molecule has 0 bridgehead atoms. The molecule has 88 valence electrons. The molecule has 0 N–H and O–H groups in total. The predicted molar refractivity (Wildman–Crippen MR) is 67.6 cm³/mol. The standard InChI is InChI=1S/C12H12BrN3O/c1-16-12(14-8-15-16)7-11(17)6-9-3-2-4-10(13)5-9/h2-5,8H,6-7H2,1H3. The second-order valence-corrected chi connectivity index (χ2v) is 4.74. The maximum absolute atomic E-state index is 11.8. The maximum atomic E-state index is 11.8. The summed E-state index contributed by atoms with van der Waals surface area (Å²) in [6.45, 7) is 0. The van der Waals surface area contributed by atoms with Crippen molar-refractivity contribution in [2.45, 2.75) is 12.8 Å². The molecule has 0 aliphatic carbocycles. The van der Waals surface area contributed by atoms with Gasteiger partial charge >= 0.3 is 0 Å². The molecule has 1 heterocycles. The van der Waals surface area contributed by atoms with Gasteiger partial charge in [-0.15, -0.1) is 0 Å². The van der Waals surface area contributed by atoms with E-state index in [1.807, 2.05) is 24.3 Å². The van der Waals surface area contributed by atoms with E-state index < -0.39 is 0 Å². The highest BCUT2D eigenvalue weighted by molar-refractivity contribution is 9.10. The molecule has 1 aromatic carbocycles. The van der Waals surface area contributed by atoms with E-state index in [0.717, 1.165) is 10.0 Å². The summed E-state index contributed by atoms with van der Waals surface area (Å²) in [5, 5.41) is 3.94. The highest BCUT2D eigenvalue weighted by Gasteiger charge is 2.09. The van der Waals surface area contributed by atoms with Gasteiger partial charge in [0, 0.05) is 17.9 Å². The minimum absolute atomic E-state index is 0.138. The zero-order valence-corrected chi connectivity index (χ0v) is 11.0. The topological polar surface area (TPSA) is 47.8 Å². The molecule has 0 unspecified atom stereocenters. The first kappa shape index (κ1) is 12.0. The maximum Gasteiger partial charge on any atom is 0.144 e. The molecular formula is C12H12BrN3O. The Balaban J connectivity index is 2.01. The minimum Gasteiger partial charge on any atom is -0.299 e. The number of benzene rings is 1. The van der Waals surface area contributed by atoms with Crippen LogP contribution in [0.2, 0.25) is 0 Å². The van der Waals surface area contributed by atoms with E-state index in [4.69, 9.17) is 0 Å². The molecule has 0 atom stereocenters. The lowest BCUT2D eigenvalue weighted by Crippen LogP contribution is -2.11. The van der Waals surface area contributed by atoms with E-state index in [1.165, 1.54) is 6.33 Å². The quantitative estimate of drug-likeness (QED) is 0.865. The first-order chi connectivity index (χ1) is 8.15.